The second-order valence-electron chi connectivity index (χ2n) is 8.89. The van der Waals surface area contributed by atoms with Crippen LogP contribution in [0.3, 0.4) is 0 Å². The Kier molecular flexibility index (Phi) is 5.23. The van der Waals surface area contributed by atoms with Crippen LogP contribution in [0.5, 0.6) is 0 Å². The van der Waals surface area contributed by atoms with Crippen LogP contribution in [-0.4, -0.2) is 27.7 Å². The first kappa shape index (κ1) is 19.8. The second-order valence-corrected chi connectivity index (χ2v) is 8.89. The number of rotatable bonds is 4. The van der Waals surface area contributed by atoms with Crippen LogP contribution in [0.15, 0.2) is 60.7 Å². The lowest BCUT2D eigenvalue weighted by Gasteiger charge is -2.34. The summed E-state index contributed by atoms with van der Waals surface area (Å²) in [6.45, 7) is 8.76. The number of hydrogen-bond acceptors (Lipinski definition) is 3. The molecule has 1 aliphatic rings. The minimum Gasteiger partial charge on any atom is -0.356 e. The molecule has 0 unspecified atom stereocenters. The van der Waals surface area contributed by atoms with Crippen molar-refractivity contribution in [2.45, 2.75) is 40.0 Å². The van der Waals surface area contributed by atoms with Gasteiger partial charge in [-0.2, -0.15) is 9.61 Å². The van der Waals surface area contributed by atoms with E-state index in [1.807, 2.05) is 0 Å². The van der Waals surface area contributed by atoms with Gasteiger partial charge in [0.2, 0.25) is 0 Å². The summed E-state index contributed by atoms with van der Waals surface area (Å²) in [6.07, 6.45) is 3.31. The number of benzene rings is 2. The Balaban J connectivity index is 1.72. The zero-order valence-electron chi connectivity index (χ0n) is 18.7. The molecule has 0 aliphatic carbocycles. The third-order valence-electron chi connectivity index (χ3n) is 6.59. The lowest BCUT2D eigenvalue weighted by Crippen LogP contribution is -2.35. The molecule has 31 heavy (non-hydrogen) atoms. The van der Waals surface area contributed by atoms with E-state index in [-0.39, 0.29) is 0 Å². The molecule has 0 radical (unpaired) electrons. The van der Waals surface area contributed by atoms with Crippen molar-refractivity contribution in [1.82, 2.24) is 14.6 Å². The molecule has 0 saturated carbocycles. The molecule has 1 aliphatic heterocycles. The van der Waals surface area contributed by atoms with E-state index in [1.165, 1.54) is 35.3 Å². The average Bonchev–Trinajstić information content (AvgIpc) is 3.11. The van der Waals surface area contributed by atoms with Crippen LogP contribution in [0.1, 0.15) is 42.3 Å². The molecule has 0 N–H and O–H groups in total. The molecule has 3 heterocycles. The molecule has 4 nitrogen and oxygen atoms in total. The molecular formula is C27H30N4. The summed E-state index contributed by atoms with van der Waals surface area (Å²) in [5, 5.41) is 5.04. The van der Waals surface area contributed by atoms with Gasteiger partial charge in [-0.05, 0) is 43.7 Å². The standard InChI is InChI=1S/C27H30N4/c1-19-14-16-30(17-15-19)27-24(18-22-10-6-4-7-11-22)20(2)28-26-25(21(3)29-31(26)27)23-12-8-5-9-13-23/h4-13,19H,14-18H2,1-3H3. The van der Waals surface area contributed by atoms with Gasteiger partial charge in [0.05, 0.1) is 5.69 Å². The van der Waals surface area contributed by atoms with Crippen molar-refractivity contribution in [3.63, 3.8) is 0 Å². The Bertz CT molecular complexity index is 1190. The van der Waals surface area contributed by atoms with E-state index in [0.717, 1.165) is 48.0 Å². The van der Waals surface area contributed by atoms with Crippen LogP contribution < -0.4 is 4.90 Å². The molecule has 1 saturated heterocycles. The topological polar surface area (TPSA) is 33.4 Å². The van der Waals surface area contributed by atoms with E-state index >= 15 is 0 Å². The maximum atomic E-state index is 5.11. The highest BCUT2D eigenvalue weighted by molar-refractivity contribution is 5.81. The predicted octanol–water partition coefficient (Wildman–Crippen LogP) is 5.84. The summed E-state index contributed by atoms with van der Waals surface area (Å²) < 4.78 is 2.12. The SMILES string of the molecule is Cc1nc2c(-c3ccccc3)c(C)nn2c(N2CCC(C)CC2)c1Cc1ccccc1. The van der Waals surface area contributed by atoms with Crippen LogP contribution in [0.25, 0.3) is 16.8 Å². The van der Waals surface area contributed by atoms with Gasteiger partial charge in [0.25, 0.3) is 0 Å². The Morgan fingerprint density at radius 3 is 2.19 bits per heavy atom. The van der Waals surface area contributed by atoms with E-state index in [9.17, 15) is 0 Å². The number of anilines is 1. The van der Waals surface area contributed by atoms with Crippen molar-refractivity contribution in [1.29, 1.82) is 0 Å². The Labute approximate surface area is 184 Å². The van der Waals surface area contributed by atoms with Crippen molar-refractivity contribution in [2.24, 2.45) is 5.92 Å². The molecule has 2 aromatic heterocycles. The van der Waals surface area contributed by atoms with Gasteiger partial charge in [-0.25, -0.2) is 4.98 Å². The predicted molar refractivity (Wildman–Crippen MR) is 128 cm³/mol. The minimum absolute atomic E-state index is 0.784. The number of fused-ring (bicyclic) bond motifs is 1. The molecule has 2 aromatic carbocycles. The van der Waals surface area contributed by atoms with Crippen molar-refractivity contribution in [3.8, 4) is 11.1 Å². The number of hydrogen-bond donors (Lipinski definition) is 0. The molecule has 1 fully saturated rings. The zero-order chi connectivity index (χ0) is 21.4. The van der Waals surface area contributed by atoms with Crippen LogP contribution in [0.4, 0.5) is 5.82 Å². The highest BCUT2D eigenvalue weighted by atomic mass is 15.4. The molecular weight excluding hydrogens is 380 g/mol. The van der Waals surface area contributed by atoms with Gasteiger partial charge in [-0.15, -0.1) is 0 Å². The van der Waals surface area contributed by atoms with Gasteiger partial charge in [0.15, 0.2) is 5.65 Å². The first-order valence-corrected chi connectivity index (χ1v) is 11.3. The van der Waals surface area contributed by atoms with E-state index in [0.29, 0.717) is 0 Å². The molecule has 4 aromatic rings. The normalized spacial score (nSPS) is 15.0. The first-order chi connectivity index (χ1) is 15.1. The van der Waals surface area contributed by atoms with Crippen molar-refractivity contribution < 1.29 is 0 Å². The minimum atomic E-state index is 0.784. The second kappa shape index (κ2) is 8.18. The largest absolute Gasteiger partial charge is 0.356 e. The first-order valence-electron chi connectivity index (χ1n) is 11.3. The van der Waals surface area contributed by atoms with Gasteiger partial charge in [0.1, 0.15) is 5.82 Å². The lowest BCUT2D eigenvalue weighted by atomic mass is 9.97. The monoisotopic (exact) mass is 410 g/mol. The summed E-state index contributed by atoms with van der Waals surface area (Å²) in [5.41, 5.74) is 8.01. The van der Waals surface area contributed by atoms with Crippen molar-refractivity contribution in [2.75, 3.05) is 18.0 Å². The quantitative estimate of drug-likeness (QED) is 0.424. The molecule has 0 amide bonds. The van der Waals surface area contributed by atoms with Gasteiger partial charge in [0, 0.05) is 36.3 Å². The highest BCUT2D eigenvalue weighted by Gasteiger charge is 2.26. The molecule has 158 valence electrons. The maximum absolute atomic E-state index is 5.11. The summed E-state index contributed by atoms with van der Waals surface area (Å²) in [5.74, 6) is 2.01. The van der Waals surface area contributed by atoms with Gasteiger partial charge in [-0.3, -0.25) is 0 Å². The molecule has 4 heteroatoms. The van der Waals surface area contributed by atoms with E-state index in [2.05, 4.69) is 90.9 Å². The third kappa shape index (κ3) is 3.71. The van der Waals surface area contributed by atoms with E-state index < -0.39 is 0 Å². The van der Waals surface area contributed by atoms with Crippen LogP contribution in [0, 0.1) is 19.8 Å². The molecule has 0 spiro atoms. The summed E-state index contributed by atoms with van der Waals surface area (Å²) in [7, 11) is 0. The van der Waals surface area contributed by atoms with Crippen molar-refractivity contribution >= 4 is 11.5 Å². The lowest BCUT2D eigenvalue weighted by molar-refractivity contribution is 0.434. The van der Waals surface area contributed by atoms with E-state index in [4.69, 9.17) is 10.1 Å². The maximum Gasteiger partial charge on any atom is 0.165 e. The Morgan fingerprint density at radius 1 is 0.871 bits per heavy atom. The van der Waals surface area contributed by atoms with E-state index in [1.54, 1.807) is 0 Å². The number of nitrogens with zero attached hydrogens (tertiary/aromatic N) is 4. The highest BCUT2D eigenvalue weighted by Crippen LogP contribution is 2.35. The Hall–Kier alpha value is -3.14. The number of aryl methyl sites for hydroxylation is 2. The number of piperidine rings is 1. The molecule has 0 atom stereocenters. The fourth-order valence-electron chi connectivity index (χ4n) is 4.78. The fraction of sp³-hybridized carbons (Fsp3) is 0.333. The van der Waals surface area contributed by atoms with Crippen LogP contribution >= 0.6 is 0 Å². The van der Waals surface area contributed by atoms with Crippen LogP contribution in [-0.2, 0) is 6.42 Å². The molecule has 0 bridgehead atoms. The van der Waals surface area contributed by atoms with Gasteiger partial charge in [-0.1, -0.05) is 67.6 Å². The smallest absolute Gasteiger partial charge is 0.165 e. The average molecular weight is 411 g/mol. The fourth-order valence-corrected chi connectivity index (χ4v) is 4.78. The van der Waals surface area contributed by atoms with Crippen molar-refractivity contribution in [3.05, 3.63) is 83.2 Å². The van der Waals surface area contributed by atoms with Gasteiger partial charge >= 0.3 is 0 Å². The zero-order valence-corrected chi connectivity index (χ0v) is 18.7. The van der Waals surface area contributed by atoms with Crippen LogP contribution in [0.2, 0.25) is 0 Å². The van der Waals surface area contributed by atoms with Gasteiger partial charge < -0.3 is 4.90 Å². The number of aromatic nitrogens is 3. The Morgan fingerprint density at radius 2 is 1.52 bits per heavy atom. The summed E-state index contributed by atoms with van der Waals surface area (Å²) in [4.78, 5) is 7.66. The molecule has 5 rings (SSSR count). The third-order valence-corrected chi connectivity index (χ3v) is 6.59. The summed E-state index contributed by atoms with van der Waals surface area (Å²) in [6, 6.07) is 21.3. The summed E-state index contributed by atoms with van der Waals surface area (Å²) >= 11 is 0.